The fraction of sp³-hybridized carbons (Fsp3) is 0.706. The zero-order valence-electron chi connectivity index (χ0n) is 14.6. The van der Waals surface area contributed by atoms with E-state index in [1.807, 2.05) is 20.0 Å². The van der Waals surface area contributed by atoms with E-state index in [9.17, 15) is 0 Å². The molecule has 0 aliphatic heterocycles. The largest absolute Gasteiger partial charge is 0.489 e. The van der Waals surface area contributed by atoms with E-state index >= 15 is 0 Å². The van der Waals surface area contributed by atoms with Crippen LogP contribution in [-0.4, -0.2) is 42.2 Å². The average molecular weight is 293 g/mol. The van der Waals surface area contributed by atoms with Crippen LogP contribution in [0.3, 0.4) is 0 Å². The van der Waals surface area contributed by atoms with Gasteiger partial charge in [-0.2, -0.15) is 0 Å². The average Bonchev–Trinajstić information content (AvgIpc) is 2.38. The first-order chi connectivity index (χ1) is 9.78. The Hall–Kier alpha value is -1.13. The highest BCUT2D eigenvalue weighted by Crippen LogP contribution is 2.30. The van der Waals surface area contributed by atoms with Gasteiger partial charge in [-0.15, -0.1) is 0 Å². The van der Waals surface area contributed by atoms with E-state index in [1.54, 1.807) is 6.20 Å². The van der Waals surface area contributed by atoms with E-state index in [4.69, 9.17) is 4.74 Å². The Labute approximate surface area is 129 Å². The third-order valence-corrected chi connectivity index (χ3v) is 3.90. The molecule has 0 bridgehead atoms. The van der Waals surface area contributed by atoms with Gasteiger partial charge in [-0.25, -0.2) is 0 Å². The van der Waals surface area contributed by atoms with Gasteiger partial charge in [0.1, 0.15) is 5.75 Å². The molecule has 1 heterocycles. The number of hydrogen-bond donors (Lipinski definition) is 1. The molecule has 0 radical (unpaired) electrons. The van der Waals surface area contributed by atoms with E-state index in [-0.39, 0.29) is 17.7 Å². The Balaban J connectivity index is 3.08. The van der Waals surface area contributed by atoms with Crippen molar-refractivity contribution in [3.05, 3.63) is 24.0 Å². The second-order valence-electron chi connectivity index (χ2n) is 6.56. The van der Waals surface area contributed by atoms with Gasteiger partial charge in [0.15, 0.2) is 0 Å². The third-order valence-electron chi connectivity index (χ3n) is 3.90. The molecule has 0 saturated carbocycles. The second-order valence-corrected chi connectivity index (χ2v) is 6.56. The predicted octanol–water partition coefficient (Wildman–Crippen LogP) is 3.25. The molecule has 1 rings (SSSR count). The van der Waals surface area contributed by atoms with Crippen molar-refractivity contribution in [2.75, 3.05) is 20.6 Å². The summed E-state index contributed by atoms with van der Waals surface area (Å²) in [6, 6.07) is 2.31. The summed E-state index contributed by atoms with van der Waals surface area (Å²) in [6.45, 7) is 11.7. The van der Waals surface area contributed by atoms with Gasteiger partial charge in [0.2, 0.25) is 0 Å². The zero-order chi connectivity index (χ0) is 16.0. The van der Waals surface area contributed by atoms with Crippen LogP contribution in [0.1, 0.15) is 52.6 Å². The SMILES string of the molecule is CCCNC(c1cncc(OC(C)C)c1)C(C)(C)N(C)C. The van der Waals surface area contributed by atoms with Crippen LogP contribution in [0.15, 0.2) is 18.5 Å². The van der Waals surface area contributed by atoms with Crippen molar-refractivity contribution in [2.45, 2.75) is 58.7 Å². The van der Waals surface area contributed by atoms with Gasteiger partial charge in [-0.3, -0.25) is 4.98 Å². The Morgan fingerprint density at radius 1 is 1.29 bits per heavy atom. The van der Waals surface area contributed by atoms with Crippen molar-refractivity contribution in [1.82, 2.24) is 15.2 Å². The molecule has 0 fully saturated rings. The van der Waals surface area contributed by atoms with Crippen molar-refractivity contribution >= 4 is 0 Å². The van der Waals surface area contributed by atoms with Gasteiger partial charge in [-0.1, -0.05) is 6.92 Å². The number of pyridine rings is 1. The Bertz CT molecular complexity index is 430. The Morgan fingerprint density at radius 2 is 1.95 bits per heavy atom. The standard InChI is InChI=1S/C17H31N3O/c1-8-9-19-16(17(4,5)20(6)7)14-10-15(12-18-11-14)21-13(2)3/h10-13,16,19H,8-9H2,1-7H3. The summed E-state index contributed by atoms with van der Waals surface area (Å²) >= 11 is 0. The lowest BCUT2D eigenvalue weighted by Gasteiger charge is -2.41. The molecule has 0 amide bonds. The molecule has 120 valence electrons. The lowest BCUT2D eigenvalue weighted by atomic mass is 9.88. The first kappa shape index (κ1) is 17.9. The van der Waals surface area contributed by atoms with Crippen LogP contribution in [0.2, 0.25) is 0 Å². The fourth-order valence-corrected chi connectivity index (χ4v) is 2.25. The van der Waals surface area contributed by atoms with Gasteiger partial charge in [-0.05, 0) is 66.4 Å². The monoisotopic (exact) mass is 293 g/mol. The summed E-state index contributed by atoms with van der Waals surface area (Å²) in [5.41, 5.74) is 1.15. The van der Waals surface area contributed by atoms with Gasteiger partial charge in [0.25, 0.3) is 0 Å². The van der Waals surface area contributed by atoms with Crippen molar-refractivity contribution in [2.24, 2.45) is 0 Å². The number of rotatable bonds is 8. The highest BCUT2D eigenvalue weighted by molar-refractivity contribution is 5.28. The number of likely N-dealkylation sites (N-methyl/N-ethyl adjacent to an activating group) is 1. The molecule has 4 nitrogen and oxygen atoms in total. The topological polar surface area (TPSA) is 37.4 Å². The van der Waals surface area contributed by atoms with E-state index in [2.05, 4.69) is 56.1 Å². The molecule has 1 aromatic heterocycles. The molecule has 1 N–H and O–H groups in total. The van der Waals surface area contributed by atoms with Crippen molar-refractivity contribution in [1.29, 1.82) is 0 Å². The van der Waals surface area contributed by atoms with Crippen LogP contribution in [0.4, 0.5) is 0 Å². The first-order valence-corrected chi connectivity index (χ1v) is 7.81. The van der Waals surface area contributed by atoms with Crippen LogP contribution in [0, 0.1) is 0 Å². The number of nitrogens with one attached hydrogen (secondary N) is 1. The summed E-state index contributed by atoms with van der Waals surface area (Å²) < 4.78 is 5.78. The molecule has 1 unspecified atom stereocenters. The molecule has 0 saturated heterocycles. The van der Waals surface area contributed by atoms with Crippen molar-refractivity contribution in [3.8, 4) is 5.75 Å². The smallest absolute Gasteiger partial charge is 0.138 e. The molecule has 0 spiro atoms. The molecule has 1 atom stereocenters. The Morgan fingerprint density at radius 3 is 2.48 bits per heavy atom. The fourth-order valence-electron chi connectivity index (χ4n) is 2.25. The normalized spacial score (nSPS) is 13.8. The molecular formula is C17H31N3O. The summed E-state index contributed by atoms with van der Waals surface area (Å²) in [6.07, 6.45) is 4.98. The Kier molecular flexibility index (Phi) is 6.62. The maximum absolute atomic E-state index is 5.78. The lowest BCUT2D eigenvalue weighted by Crippen LogP contribution is -2.49. The molecular weight excluding hydrogens is 262 g/mol. The summed E-state index contributed by atoms with van der Waals surface area (Å²) in [7, 11) is 4.23. The van der Waals surface area contributed by atoms with Crippen LogP contribution < -0.4 is 10.1 Å². The molecule has 4 heteroatoms. The van der Waals surface area contributed by atoms with Crippen LogP contribution in [0.25, 0.3) is 0 Å². The van der Waals surface area contributed by atoms with Gasteiger partial charge >= 0.3 is 0 Å². The summed E-state index contributed by atoms with van der Waals surface area (Å²) in [5, 5.41) is 3.65. The highest BCUT2D eigenvalue weighted by atomic mass is 16.5. The minimum atomic E-state index is -0.0205. The summed E-state index contributed by atoms with van der Waals surface area (Å²) in [4.78, 5) is 6.60. The van der Waals surface area contributed by atoms with Crippen LogP contribution >= 0.6 is 0 Å². The van der Waals surface area contributed by atoms with Gasteiger partial charge in [0.05, 0.1) is 18.3 Å². The molecule has 0 aromatic carbocycles. The minimum absolute atomic E-state index is 0.0205. The van der Waals surface area contributed by atoms with Gasteiger partial charge < -0.3 is 15.0 Å². The van der Waals surface area contributed by atoms with Gasteiger partial charge in [0, 0.05) is 11.7 Å². The van der Waals surface area contributed by atoms with Crippen molar-refractivity contribution in [3.63, 3.8) is 0 Å². The second kappa shape index (κ2) is 7.76. The van der Waals surface area contributed by atoms with E-state index in [1.165, 1.54) is 5.56 Å². The van der Waals surface area contributed by atoms with E-state index in [0.717, 1.165) is 18.7 Å². The summed E-state index contributed by atoms with van der Waals surface area (Å²) in [5.74, 6) is 0.834. The molecule has 1 aromatic rings. The quantitative estimate of drug-likeness (QED) is 0.798. The molecule has 21 heavy (non-hydrogen) atoms. The van der Waals surface area contributed by atoms with Crippen molar-refractivity contribution < 1.29 is 4.74 Å². The first-order valence-electron chi connectivity index (χ1n) is 7.81. The van der Waals surface area contributed by atoms with Crippen LogP contribution in [0.5, 0.6) is 5.75 Å². The molecule has 0 aliphatic rings. The number of nitrogens with zero attached hydrogens (tertiary/aromatic N) is 2. The maximum Gasteiger partial charge on any atom is 0.138 e. The minimum Gasteiger partial charge on any atom is -0.489 e. The molecule has 0 aliphatic carbocycles. The maximum atomic E-state index is 5.78. The lowest BCUT2D eigenvalue weighted by molar-refractivity contribution is 0.137. The van der Waals surface area contributed by atoms with E-state index < -0.39 is 0 Å². The number of aromatic nitrogens is 1. The zero-order valence-corrected chi connectivity index (χ0v) is 14.6. The number of ether oxygens (including phenoxy) is 1. The predicted molar refractivity (Wildman–Crippen MR) is 88.8 cm³/mol. The number of hydrogen-bond acceptors (Lipinski definition) is 4. The highest BCUT2D eigenvalue weighted by Gasteiger charge is 2.32. The third kappa shape index (κ3) is 4.97. The van der Waals surface area contributed by atoms with Crippen LogP contribution in [-0.2, 0) is 0 Å². The van der Waals surface area contributed by atoms with E-state index in [0.29, 0.717) is 0 Å².